The molecule has 0 heterocycles. The first kappa shape index (κ1) is 14.8. The van der Waals surface area contributed by atoms with Crippen LogP contribution >= 0.6 is 0 Å². The second-order valence-corrected chi connectivity index (χ2v) is 4.91. The fraction of sp³-hybridized carbons (Fsp3) is 0.375. The summed E-state index contributed by atoms with van der Waals surface area (Å²) < 4.78 is 10.7. The molecule has 0 aliphatic carbocycles. The molecule has 108 valence electrons. The number of hydrogen-bond acceptors (Lipinski definition) is 4. The molecule has 0 radical (unpaired) electrons. The lowest BCUT2D eigenvalue weighted by Gasteiger charge is -2.18. The summed E-state index contributed by atoms with van der Waals surface area (Å²) in [4.78, 5) is 0. The first-order valence-corrected chi connectivity index (χ1v) is 6.70. The van der Waals surface area contributed by atoms with Gasteiger partial charge < -0.3 is 20.3 Å². The lowest BCUT2D eigenvalue weighted by atomic mass is 10.0. The highest BCUT2D eigenvalue weighted by Crippen LogP contribution is 2.33. The average Bonchev–Trinajstić information content (AvgIpc) is 2.44. The molecular weight excluding hydrogens is 254 g/mol. The van der Waals surface area contributed by atoms with Gasteiger partial charge in [-0.3, -0.25) is 0 Å². The van der Waals surface area contributed by atoms with Crippen molar-refractivity contribution in [3.05, 3.63) is 42.0 Å². The highest BCUT2D eigenvalue weighted by atomic mass is 16.5. The summed E-state index contributed by atoms with van der Waals surface area (Å²) in [5, 5.41) is 11.8. The van der Waals surface area contributed by atoms with Crippen LogP contribution in [0.3, 0.4) is 0 Å². The Bertz CT molecular complexity index is 569. The van der Waals surface area contributed by atoms with Gasteiger partial charge in [0.25, 0.3) is 0 Å². The standard InChI is InChI=1S/C16H21NO3/c1-11(17)14-8-7-12-5-3-4-6-15(12)16(14)20-10-13(18)9-19-2/h3-8,11,13,18H,9-10,17H2,1-2H3/t11-,13?/m0/s1. The van der Waals surface area contributed by atoms with Gasteiger partial charge in [0.1, 0.15) is 18.5 Å². The Morgan fingerprint density at radius 2 is 1.90 bits per heavy atom. The molecule has 2 aromatic carbocycles. The molecule has 20 heavy (non-hydrogen) atoms. The van der Waals surface area contributed by atoms with Crippen molar-refractivity contribution in [3.8, 4) is 5.75 Å². The van der Waals surface area contributed by atoms with Crippen LogP contribution in [-0.4, -0.2) is 31.5 Å². The summed E-state index contributed by atoms with van der Waals surface area (Å²) in [6.45, 7) is 2.35. The van der Waals surface area contributed by atoms with E-state index in [-0.39, 0.29) is 19.3 Å². The molecule has 0 saturated heterocycles. The lowest BCUT2D eigenvalue weighted by molar-refractivity contribution is 0.0326. The van der Waals surface area contributed by atoms with E-state index in [1.807, 2.05) is 43.3 Å². The second kappa shape index (κ2) is 6.70. The summed E-state index contributed by atoms with van der Waals surface area (Å²) in [5.74, 6) is 0.744. The Hall–Kier alpha value is -1.62. The zero-order valence-corrected chi connectivity index (χ0v) is 11.9. The molecule has 2 atom stereocenters. The number of nitrogens with two attached hydrogens (primary N) is 1. The van der Waals surface area contributed by atoms with E-state index >= 15 is 0 Å². The molecule has 4 heteroatoms. The van der Waals surface area contributed by atoms with Gasteiger partial charge in [-0.1, -0.05) is 36.4 Å². The molecule has 0 fully saturated rings. The minimum Gasteiger partial charge on any atom is -0.490 e. The Labute approximate surface area is 119 Å². The normalized spacial score (nSPS) is 14.2. The van der Waals surface area contributed by atoms with Crippen LogP contribution in [0.5, 0.6) is 5.75 Å². The van der Waals surface area contributed by atoms with E-state index in [1.54, 1.807) is 7.11 Å². The predicted octanol–water partition coefficient (Wildman–Crippen LogP) is 2.25. The molecule has 0 saturated carbocycles. The second-order valence-electron chi connectivity index (χ2n) is 4.91. The monoisotopic (exact) mass is 275 g/mol. The minimum atomic E-state index is -0.653. The number of methoxy groups -OCH3 is 1. The van der Waals surface area contributed by atoms with Crippen LogP contribution in [0.15, 0.2) is 36.4 Å². The molecule has 0 bridgehead atoms. The average molecular weight is 275 g/mol. The maximum Gasteiger partial charge on any atom is 0.132 e. The minimum absolute atomic E-state index is 0.130. The number of hydrogen-bond donors (Lipinski definition) is 2. The van der Waals surface area contributed by atoms with Crippen LogP contribution in [-0.2, 0) is 4.74 Å². The molecule has 2 aromatic rings. The van der Waals surface area contributed by atoms with Gasteiger partial charge in [-0.2, -0.15) is 0 Å². The SMILES string of the molecule is COCC(O)COc1c([C@H](C)N)ccc2ccccc12. The van der Waals surface area contributed by atoms with Crippen LogP contribution in [0, 0.1) is 0 Å². The van der Waals surface area contributed by atoms with E-state index in [0.29, 0.717) is 0 Å². The van der Waals surface area contributed by atoms with E-state index in [2.05, 4.69) is 0 Å². The van der Waals surface area contributed by atoms with Gasteiger partial charge in [0.2, 0.25) is 0 Å². The smallest absolute Gasteiger partial charge is 0.132 e. The van der Waals surface area contributed by atoms with Crippen LogP contribution in [0.4, 0.5) is 0 Å². The van der Waals surface area contributed by atoms with Crippen LogP contribution in [0.25, 0.3) is 10.8 Å². The number of benzene rings is 2. The lowest BCUT2D eigenvalue weighted by Crippen LogP contribution is -2.23. The van der Waals surface area contributed by atoms with Gasteiger partial charge >= 0.3 is 0 Å². The topological polar surface area (TPSA) is 64.7 Å². The van der Waals surface area contributed by atoms with Crippen LogP contribution in [0.2, 0.25) is 0 Å². The Kier molecular flexibility index (Phi) is 4.95. The zero-order valence-electron chi connectivity index (χ0n) is 11.9. The number of rotatable bonds is 6. The Morgan fingerprint density at radius 1 is 1.15 bits per heavy atom. The van der Waals surface area contributed by atoms with Crippen molar-refractivity contribution in [2.75, 3.05) is 20.3 Å². The van der Waals surface area contributed by atoms with Gasteiger partial charge in [0, 0.05) is 24.1 Å². The van der Waals surface area contributed by atoms with Gasteiger partial charge in [-0.25, -0.2) is 0 Å². The third kappa shape index (κ3) is 3.28. The van der Waals surface area contributed by atoms with E-state index in [0.717, 1.165) is 22.1 Å². The van der Waals surface area contributed by atoms with Gasteiger partial charge in [-0.05, 0) is 12.3 Å². The highest BCUT2D eigenvalue weighted by molar-refractivity contribution is 5.89. The molecule has 1 unspecified atom stereocenters. The maximum atomic E-state index is 9.73. The van der Waals surface area contributed by atoms with Gasteiger partial charge in [0.05, 0.1) is 6.61 Å². The van der Waals surface area contributed by atoms with Crippen molar-refractivity contribution in [2.24, 2.45) is 5.73 Å². The van der Waals surface area contributed by atoms with Crippen molar-refractivity contribution in [1.82, 2.24) is 0 Å². The molecule has 0 spiro atoms. The summed E-state index contributed by atoms with van der Waals surface area (Å²) in [5.41, 5.74) is 6.94. The molecule has 3 N–H and O–H groups in total. The van der Waals surface area contributed by atoms with Crippen LogP contribution in [0.1, 0.15) is 18.5 Å². The number of aliphatic hydroxyl groups is 1. The Morgan fingerprint density at radius 3 is 2.60 bits per heavy atom. The molecule has 0 aromatic heterocycles. The first-order valence-electron chi connectivity index (χ1n) is 6.70. The fourth-order valence-corrected chi connectivity index (χ4v) is 2.20. The van der Waals surface area contributed by atoms with Gasteiger partial charge in [-0.15, -0.1) is 0 Å². The maximum absolute atomic E-state index is 9.73. The van der Waals surface area contributed by atoms with E-state index in [9.17, 15) is 5.11 Å². The van der Waals surface area contributed by atoms with Crippen molar-refractivity contribution in [1.29, 1.82) is 0 Å². The molecule has 0 aliphatic rings. The zero-order chi connectivity index (χ0) is 14.5. The quantitative estimate of drug-likeness (QED) is 0.848. The summed E-state index contributed by atoms with van der Waals surface area (Å²) in [6, 6.07) is 11.9. The Balaban J connectivity index is 2.34. The number of aliphatic hydroxyl groups excluding tert-OH is 1. The summed E-state index contributed by atoms with van der Waals surface area (Å²) in [7, 11) is 1.55. The number of fused-ring (bicyclic) bond motifs is 1. The fourth-order valence-electron chi connectivity index (χ4n) is 2.20. The van der Waals surface area contributed by atoms with Crippen LogP contribution < -0.4 is 10.5 Å². The predicted molar refractivity (Wildman–Crippen MR) is 79.9 cm³/mol. The summed E-state index contributed by atoms with van der Waals surface area (Å²) >= 11 is 0. The van der Waals surface area contributed by atoms with E-state index in [1.165, 1.54) is 0 Å². The van der Waals surface area contributed by atoms with E-state index < -0.39 is 6.10 Å². The molecule has 2 rings (SSSR count). The highest BCUT2D eigenvalue weighted by Gasteiger charge is 2.14. The molecular formula is C16H21NO3. The summed E-state index contributed by atoms with van der Waals surface area (Å²) in [6.07, 6.45) is -0.653. The third-order valence-electron chi connectivity index (χ3n) is 3.18. The van der Waals surface area contributed by atoms with Crippen molar-refractivity contribution >= 4 is 10.8 Å². The first-order chi connectivity index (χ1) is 9.63. The number of ether oxygens (including phenoxy) is 2. The van der Waals surface area contributed by atoms with Crippen molar-refractivity contribution in [2.45, 2.75) is 19.1 Å². The van der Waals surface area contributed by atoms with Crippen molar-refractivity contribution in [3.63, 3.8) is 0 Å². The van der Waals surface area contributed by atoms with Crippen molar-refractivity contribution < 1.29 is 14.6 Å². The molecule has 0 aliphatic heterocycles. The van der Waals surface area contributed by atoms with Gasteiger partial charge in [0.15, 0.2) is 0 Å². The molecule has 4 nitrogen and oxygen atoms in total. The largest absolute Gasteiger partial charge is 0.490 e. The van der Waals surface area contributed by atoms with E-state index in [4.69, 9.17) is 15.2 Å². The molecule has 0 amide bonds. The third-order valence-corrected chi connectivity index (χ3v) is 3.18.